The molecule has 4 heteroatoms. The van der Waals surface area contributed by atoms with Gasteiger partial charge in [0.05, 0.1) is 12.1 Å². The molecule has 0 aliphatic carbocycles. The lowest BCUT2D eigenvalue weighted by atomic mass is 10.1. The highest BCUT2D eigenvalue weighted by Gasteiger charge is 2.23. The summed E-state index contributed by atoms with van der Waals surface area (Å²) >= 11 is 1.80. The molecule has 1 aromatic rings. The molecule has 0 saturated heterocycles. The highest BCUT2D eigenvalue weighted by molar-refractivity contribution is 7.12. The average Bonchev–Trinajstić information content (AvgIpc) is 2.69. The number of hydrogen-bond donors (Lipinski definition) is 1. The van der Waals surface area contributed by atoms with Gasteiger partial charge in [0, 0.05) is 28.8 Å². The molecule has 1 heterocycles. The summed E-state index contributed by atoms with van der Waals surface area (Å²) in [5, 5.41) is 8.70. The zero-order valence-corrected chi connectivity index (χ0v) is 11.6. The van der Waals surface area contributed by atoms with E-state index in [1.54, 1.807) is 11.3 Å². The van der Waals surface area contributed by atoms with Crippen molar-refractivity contribution in [1.82, 2.24) is 4.90 Å². The van der Waals surface area contributed by atoms with Crippen molar-refractivity contribution in [1.29, 1.82) is 5.26 Å². The van der Waals surface area contributed by atoms with Gasteiger partial charge in [-0.05, 0) is 32.5 Å². The van der Waals surface area contributed by atoms with Gasteiger partial charge in [-0.2, -0.15) is 5.26 Å². The van der Waals surface area contributed by atoms with Crippen LogP contribution in [-0.4, -0.2) is 24.0 Å². The standard InChI is InChI=1S/C13H21N3S/c1-4-16(9-5-8-14)13(11(3)15)12-7-6-10(2)17-12/h6-7,11,13H,4-5,9,15H2,1-3H3. The molecular formula is C13H21N3S. The highest BCUT2D eigenvalue weighted by atomic mass is 32.1. The molecule has 94 valence electrons. The van der Waals surface area contributed by atoms with E-state index < -0.39 is 0 Å². The van der Waals surface area contributed by atoms with Crippen molar-refractivity contribution >= 4 is 11.3 Å². The topological polar surface area (TPSA) is 53.0 Å². The van der Waals surface area contributed by atoms with Gasteiger partial charge in [0.2, 0.25) is 0 Å². The van der Waals surface area contributed by atoms with E-state index >= 15 is 0 Å². The van der Waals surface area contributed by atoms with Gasteiger partial charge in [0.25, 0.3) is 0 Å². The van der Waals surface area contributed by atoms with Crippen molar-refractivity contribution in [3.63, 3.8) is 0 Å². The minimum atomic E-state index is 0.0756. The van der Waals surface area contributed by atoms with Gasteiger partial charge in [-0.25, -0.2) is 0 Å². The molecule has 0 aromatic carbocycles. The van der Waals surface area contributed by atoms with Crippen LogP contribution in [0, 0.1) is 18.3 Å². The summed E-state index contributed by atoms with van der Waals surface area (Å²) in [6.45, 7) is 7.97. The number of nitrogens with two attached hydrogens (primary N) is 1. The zero-order valence-electron chi connectivity index (χ0n) is 10.8. The van der Waals surface area contributed by atoms with Gasteiger partial charge in [-0.3, -0.25) is 4.90 Å². The maximum atomic E-state index is 8.70. The predicted molar refractivity (Wildman–Crippen MR) is 72.9 cm³/mol. The van der Waals surface area contributed by atoms with E-state index in [-0.39, 0.29) is 12.1 Å². The fourth-order valence-corrected chi connectivity index (χ4v) is 3.20. The molecule has 0 bridgehead atoms. The van der Waals surface area contributed by atoms with E-state index in [1.807, 2.05) is 6.92 Å². The summed E-state index contributed by atoms with van der Waals surface area (Å²) in [6.07, 6.45) is 0.557. The van der Waals surface area contributed by atoms with Gasteiger partial charge >= 0.3 is 0 Å². The molecule has 0 saturated carbocycles. The summed E-state index contributed by atoms with van der Waals surface area (Å²) < 4.78 is 0. The highest BCUT2D eigenvalue weighted by Crippen LogP contribution is 2.29. The number of likely N-dealkylation sites (N-methyl/N-ethyl adjacent to an activating group) is 1. The third-order valence-corrected chi connectivity index (χ3v) is 3.93. The normalized spacial score (nSPS) is 14.6. The van der Waals surface area contributed by atoms with Gasteiger partial charge in [-0.15, -0.1) is 11.3 Å². The average molecular weight is 251 g/mol. The second-order valence-corrected chi connectivity index (χ2v) is 5.61. The summed E-state index contributed by atoms with van der Waals surface area (Å²) in [7, 11) is 0. The second-order valence-electron chi connectivity index (χ2n) is 4.29. The molecule has 0 radical (unpaired) electrons. The number of nitriles is 1. The van der Waals surface area contributed by atoms with E-state index in [4.69, 9.17) is 11.0 Å². The molecule has 2 N–H and O–H groups in total. The van der Waals surface area contributed by atoms with Crippen LogP contribution in [0.5, 0.6) is 0 Å². The van der Waals surface area contributed by atoms with E-state index in [9.17, 15) is 0 Å². The molecule has 1 aromatic heterocycles. The molecule has 0 amide bonds. The number of nitrogens with zero attached hydrogens (tertiary/aromatic N) is 2. The van der Waals surface area contributed by atoms with Crippen LogP contribution in [0.1, 0.15) is 36.1 Å². The lowest BCUT2D eigenvalue weighted by Gasteiger charge is -2.32. The Morgan fingerprint density at radius 1 is 1.53 bits per heavy atom. The first-order valence-corrected chi connectivity index (χ1v) is 6.84. The second kappa shape index (κ2) is 6.75. The van der Waals surface area contributed by atoms with Gasteiger partial charge < -0.3 is 5.73 Å². The maximum Gasteiger partial charge on any atom is 0.0635 e. The smallest absolute Gasteiger partial charge is 0.0635 e. The Labute approximate surface area is 108 Å². The Morgan fingerprint density at radius 2 is 2.24 bits per heavy atom. The van der Waals surface area contributed by atoms with Crippen molar-refractivity contribution in [2.75, 3.05) is 13.1 Å². The summed E-state index contributed by atoms with van der Waals surface area (Å²) in [6, 6.07) is 6.80. The van der Waals surface area contributed by atoms with Crippen LogP contribution in [0.4, 0.5) is 0 Å². The molecular weight excluding hydrogens is 230 g/mol. The molecule has 2 unspecified atom stereocenters. The molecule has 1 rings (SSSR count). The van der Waals surface area contributed by atoms with Gasteiger partial charge in [0.1, 0.15) is 0 Å². The van der Waals surface area contributed by atoms with Crippen LogP contribution >= 0.6 is 11.3 Å². The number of rotatable bonds is 6. The zero-order chi connectivity index (χ0) is 12.8. The molecule has 3 nitrogen and oxygen atoms in total. The van der Waals surface area contributed by atoms with Crippen LogP contribution in [0.3, 0.4) is 0 Å². The number of thiophene rings is 1. The fourth-order valence-electron chi connectivity index (χ4n) is 2.07. The molecule has 0 aliphatic rings. The van der Waals surface area contributed by atoms with Crippen LogP contribution in [0.15, 0.2) is 12.1 Å². The van der Waals surface area contributed by atoms with Crippen molar-refractivity contribution < 1.29 is 0 Å². The maximum absolute atomic E-state index is 8.70. The largest absolute Gasteiger partial charge is 0.326 e. The van der Waals surface area contributed by atoms with Crippen molar-refractivity contribution in [3.05, 3.63) is 21.9 Å². The molecule has 2 atom stereocenters. The first-order chi connectivity index (χ1) is 8.10. The molecule has 0 aliphatic heterocycles. The van der Waals surface area contributed by atoms with Gasteiger partial charge in [-0.1, -0.05) is 6.92 Å². The summed E-state index contributed by atoms with van der Waals surface area (Å²) in [5.41, 5.74) is 6.11. The Bertz CT molecular complexity index is 378. The minimum Gasteiger partial charge on any atom is -0.326 e. The molecule has 0 fully saturated rings. The number of hydrogen-bond acceptors (Lipinski definition) is 4. The van der Waals surface area contributed by atoms with Crippen LogP contribution in [0.25, 0.3) is 0 Å². The van der Waals surface area contributed by atoms with Crippen LogP contribution in [-0.2, 0) is 0 Å². The quantitative estimate of drug-likeness (QED) is 0.845. The van der Waals surface area contributed by atoms with Crippen molar-refractivity contribution in [2.45, 2.75) is 39.3 Å². The van der Waals surface area contributed by atoms with Gasteiger partial charge in [0.15, 0.2) is 0 Å². The SMILES string of the molecule is CCN(CCC#N)C(c1ccc(C)s1)C(C)N. The third kappa shape index (κ3) is 3.81. The monoisotopic (exact) mass is 251 g/mol. The third-order valence-electron chi connectivity index (χ3n) is 2.86. The van der Waals surface area contributed by atoms with Crippen molar-refractivity contribution in [3.8, 4) is 6.07 Å². The first kappa shape index (κ1) is 14.2. The molecule has 0 spiro atoms. The summed E-state index contributed by atoms with van der Waals surface area (Å²) in [4.78, 5) is 4.90. The van der Waals surface area contributed by atoms with Crippen molar-refractivity contribution in [2.24, 2.45) is 5.73 Å². The Kier molecular flexibility index (Phi) is 5.63. The Morgan fingerprint density at radius 3 is 2.65 bits per heavy atom. The molecule has 17 heavy (non-hydrogen) atoms. The lowest BCUT2D eigenvalue weighted by Crippen LogP contribution is -2.39. The minimum absolute atomic E-state index is 0.0756. The van der Waals surface area contributed by atoms with E-state index in [0.29, 0.717) is 6.42 Å². The predicted octanol–water partition coefficient (Wildman–Crippen LogP) is 2.68. The van der Waals surface area contributed by atoms with E-state index in [0.717, 1.165) is 13.1 Å². The van der Waals surface area contributed by atoms with Crippen LogP contribution < -0.4 is 5.73 Å². The van der Waals surface area contributed by atoms with E-state index in [1.165, 1.54) is 9.75 Å². The van der Waals surface area contributed by atoms with Crippen LogP contribution in [0.2, 0.25) is 0 Å². The lowest BCUT2D eigenvalue weighted by molar-refractivity contribution is 0.192. The Balaban J connectivity index is 2.87. The van der Waals surface area contributed by atoms with E-state index in [2.05, 4.69) is 36.9 Å². The summed E-state index contributed by atoms with van der Waals surface area (Å²) in [5.74, 6) is 0. The number of aryl methyl sites for hydroxylation is 1. The Hall–Kier alpha value is -0.890. The fraction of sp³-hybridized carbons (Fsp3) is 0.615. The first-order valence-electron chi connectivity index (χ1n) is 6.03.